The lowest BCUT2D eigenvalue weighted by atomic mass is 9.98. The lowest BCUT2D eigenvalue weighted by molar-refractivity contribution is 0.477. The van der Waals surface area contributed by atoms with E-state index in [0.29, 0.717) is 22.1 Å². The van der Waals surface area contributed by atoms with Crippen LogP contribution in [0.3, 0.4) is 0 Å². The molecule has 4 nitrogen and oxygen atoms in total. The second kappa shape index (κ2) is 5.56. The maximum absolute atomic E-state index is 11.8. The highest BCUT2D eigenvalue weighted by Crippen LogP contribution is 2.38. The summed E-state index contributed by atoms with van der Waals surface area (Å²) < 4.78 is 6.00. The molecule has 0 spiro atoms. The molecule has 0 fully saturated rings. The highest BCUT2D eigenvalue weighted by Gasteiger charge is 2.23. The third kappa shape index (κ3) is 2.51. The van der Waals surface area contributed by atoms with Gasteiger partial charge in [0, 0.05) is 16.7 Å². The predicted octanol–water partition coefficient (Wildman–Crippen LogP) is 3.59. The van der Waals surface area contributed by atoms with Crippen LogP contribution in [-0.2, 0) is 0 Å². The number of benzene rings is 2. The summed E-state index contributed by atoms with van der Waals surface area (Å²) in [5.74, 6) is 1.09. The number of hydrogen-bond acceptors (Lipinski definition) is 4. The molecule has 0 amide bonds. The first kappa shape index (κ1) is 15.3. The molecule has 116 valence electrons. The highest BCUT2D eigenvalue weighted by molar-refractivity contribution is 6.30. The molecule has 3 aromatic carbocycles. The van der Waals surface area contributed by atoms with Crippen LogP contribution < -0.4 is 21.3 Å². The van der Waals surface area contributed by atoms with E-state index in [2.05, 4.69) is 0 Å². The molecule has 5 heteroatoms. The molecule has 0 saturated carbocycles. The smallest absolute Gasteiger partial charge is 0.249 e. The molecule has 3 rings (SSSR count). The Morgan fingerprint density at radius 3 is 2.26 bits per heavy atom. The van der Waals surface area contributed by atoms with Crippen molar-refractivity contribution in [3.05, 3.63) is 73.0 Å². The van der Waals surface area contributed by atoms with Crippen LogP contribution in [0.15, 0.2) is 46.0 Å². The molecule has 0 atom stereocenters. The number of nitrogen functional groups attached to an aromatic ring is 1. The van der Waals surface area contributed by atoms with Crippen molar-refractivity contribution in [2.24, 2.45) is 0 Å². The van der Waals surface area contributed by atoms with E-state index in [9.17, 15) is 9.59 Å². The van der Waals surface area contributed by atoms with Crippen molar-refractivity contribution in [2.75, 3.05) is 5.73 Å². The Labute approximate surface area is 137 Å². The monoisotopic (exact) mass is 327 g/mol. The van der Waals surface area contributed by atoms with Crippen LogP contribution in [0.2, 0.25) is 5.02 Å². The van der Waals surface area contributed by atoms with Gasteiger partial charge in [0.1, 0.15) is 11.5 Å². The molecule has 0 aliphatic rings. The Bertz CT molecular complexity index is 964. The Balaban J connectivity index is 2.15. The molecule has 0 aliphatic carbocycles. The highest BCUT2D eigenvalue weighted by atomic mass is 35.5. The van der Waals surface area contributed by atoms with E-state index in [0.717, 1.165) is 11.1 Å². The fourth-order valence-electron chi connectivity index (χ4n) is 2.53. The third-order valence-electron chi connectivity index (χ3n) is 3.78. The van der Waals surface area contributed by atoms with E-state index in [4.69, 9.17) is 22.1 Å². The van der Waals surface area contributed by atoms with E-state index in [1.165, 1.54) is 0 Å². The normalized spacial score (nSPS) is 10.9. The molecule has 0 aliphatic heterocycles. The predicted molar refractivity (Wildman–Crippen MR) is 92.2 cm³/mol. The van der Waals surface area contributed by atoms with Gasteiger partial charge in [-0.05, 0) is 37.1 Å². The summed E-state index contributed by atoms with van der Waals surface area (Å²) in [6.45, 7) is 3.86. The van der Waals surface area contributed by atoms with Crippen LogP contribution in [0.25, 0.3) is 11.1 Å². The first-order chi connectivity index (χ1) is 10.9. The Hall–Kier alpha value is -2.59. The fraction of sp³-hybridized carbons (Fsp3) is 0.111. The summed E-state index contributed by atoms with van der Waals surface area (Å²) in [5, 5.41) is 0.465. The van der Waals surface area contributed by atoms with Gasteiger partial charge in [-0.3, -0.25) is 9.59 Å². The standard InChI is InChI=1S/C18H14ClNO3/c1-9-4-3-5-10(2)18(9)23-13-8-11(19)6-7-12(13)14-15(20)17(22)16(14)21/h3-8H,20H2,1-2H3. The number of anilines is 1. The third-order valence-corrected chi connectivity index (χ3v) is 4.02. The van der Waals surface area contributed by atoms with Crippen molar-refractivity contribution in [2.45, 2.75) is 13.8 Å². The van der Waals surface area contributed by atoms with Gasteiger partial charge in [-0.15, -0.1) is 0 Å². The number of para-hydroxylation sites is 1. The fourth-order valence-corrected chi connectivity index (χ4v) is 2.70. The molecule has 3 aromatic rings. The van der Waals surface area contributed by atoms with E-state index in [1.807, 2.05) is 32.0 Å². The van der Waals surface area contributed by atoms with Gasteiger partial charge in [-0.2, -0.15) is 0 Å². The summed E-state index contributed by atoms with van der Waals surface area (Å²) in [6, 6.07) is 10.7. The van der Waals surface area contributed by atoms with Crippen molar-refractivity contribution < 1.29 is 4.74 Å². The maximum Gasteiger partial charge on any atom is 0.249 e. The van der Waals surface area contributed by atoms with Crippen molar-refractivity contribution in [1.82, 2.24) is 0 Å². The van der Waals surface area contributed by atoms with Gasteiger partial charge in [0.05, 0.1) is 11.3 Å². The Morgan fingerprint density at radius 1 is 1.00 bits per heavy atom. The van der Waals surface area contributed by atoms with Gasteiger partial charge in [0.15, 0.2) is 0 Å². The molecule has 2 N–H and O–H groups in total. The van der Waals surface area contributed by atoms with Crippen LogP contribution >= 0.6 is 11.6 Å². The molecule has 23 heavy (non-hydrogen) atoms. The van der Waals surface area contributed by atoms with E-state index < -0.39 is 10.9 Å². The summed E-state index contributed by atoms with van der Waals surface area (Å²) in [5.41, 5.74) is 6.94. The minimum atomic E-state index is -0.659. The number of aryl methyl sites for hydroxylation is 2. The second-order valence-electron chi connectivity index (χ2n) is 5.41. The quantitative estimate of drug-likeness (QED) is 0.746. The molecular formula is C18H14ClNO3. The topological polar surface area (TPSA) is 69.4 Å². The number of hydrogen-bond donors (Lipinski definition) is 1. The second-order valence-corrected chi connectivity index (χ2v) is 5.85. The minimum absolute atomic E-state index is 0.0383. The van der Waals surface area contributed by atoms with Crippen LogP contribution in [0, 0.1) is 13.8 Å². The molecule has 0 bridgehead atoms. The lowest BCUT2D eigenvalue weighted by Gasteiger charge is -2.16. The SMILES string of the molecule is Cc1cccc(C)c1Oc1cc(Cl)ccc1-c1c(N)c(=O)c1=O. The number of ether oxygens (including phenoxy) is 1. The summed E-state index contributed by atoms with van der Waals surface area (Å²) in [7, 11) is 0. The Kier molecular flexibility index (Phi) is 3.70. The van der Waals surface area contributed by atoms with Crippen molar-refractivity contribution in [1.29, 1.82) is 0 Å². The zero-order chi connectivity index (χ0) is 16.7. The minimum Gasteiger partial charge on any atom is -0.456 e. The Morgan fingerprint density at radius 2 is 1.65 bits per heavy atom. The first-order valence-corrected chi connectivity index (χ1v) is 7.40. The molecule has 0 aromatic heterocycles. The van der Waals surface area contributed by atoms with Gasteiger partial charge >= 0.3 is 0 Å². The molecule has 0 unspecified atom stereocenters. The number of rotatable bonds is 3. The molecule has 0 saturated heterocycles. The maximum atomic E-state index is 11.8. The van der Waals surface area contributed by atoms with E-state index in [-0.39, 0.29) is 11.3 Å². The average Bonchev–Trinajstić information content (AvgIpc) is 2.53. The summed E-state index contributed by atoms with van der Waals surface area (Å²) in [4.78, 5) is 23.2. The zero-order valence-corrected chi connectivity index (χ0v) is 13.4. The molecule has 0 heterocycles. The van der Waals surface area contributed by atoms with Gasteiger partial charge in [-0.25, -0.2) is 0 Å². The van der Waals surface area contributed by atoms with Crippen LogP contribution in [0.4, 0.5) is 5.69 Å². The lowest BCUT2D eigenvalue weighted by Crippen LogP contribution is -2.35. The van der Waals surface area contributed by atoms with Crippen LogP contribution in [0.5, 0.6) is 11.5 Å². The van der Waals surface area contributed by atoms with Crippen LogP contribution in [-0.4, -0.2) is 0 Å². The molecular weight excluding hydrogens is 314 g/mol. The van der Waals surface area contributed by atoms with Crippen LogP contribution in [0.1, 0.15) is 11.1 Å². The largest absolute Gasteiger partial charge is 0.456 e. The number of halogens is 1. The summed E-state index contributed by atoms with van der Waals surface area (Å²) in [6.07, 6.45) is 0. The first-order valence-electron chi connectivity index (χ1n) is 7.03. The summed E-state index contributed by atoms with van der Waals surface area (Å²) >= 11 is 6.05. The van der Waals surface area contributed by atoms with E-state index >= 15 is 0 Å². The van der Waals surface area contributed by atoms with Crippen molar-refractivity contribution >= 4 is 17.3 Å². The van der Waals surface area contributed by atoms with Gasteiger partial charge in [-0.1, -0.05) is 29.8 Å². The van der Waals surface area contributed by atoms with Crippen molar-refractivity contribution in [3.8, 4) is 22.6 Å². The zero-order valence-electron chi connectivity index (χ0n) is 12.6. The van der Waals surface area contributed by atoms with Gasteiger partial charge in [0.2, 0.25) is 10.9 Å². The molecule has 0 radical (unpaired) electrons. The van der Waals surface area contributed by atoms with Gasteiger partial charge in [0.25, 0.3) is 0 Å². The van der Waals surface area contributed by atoms with E-state index in [1.54, 1.807) is 18.2 Å². The average molecular weight is 328 g/mol. The van der Waals surface area contributed by atoms with Gasteiger partial charge < -0.3 is 10.5 Å². The number of nitrogens with two attached hydrogens (primary N) is 1. The van der Waals surface area contributed by atoms with Crippen molar-refractivity contribution in [3.63, 3.8) is 0 Å².